The molecule has 2 N–H and O–H groups in total. The number of benzene rings is 2. The molecule has 0 radical (unpaired) electrons. The Hall–Kier alpha value is -2.53. The molecule has 1 aliphatic rings. The van der Waals surface area contributed by atoms with Crippen molar-refractivity contribution >= 4 is 34.4 Å². The Bertz CT molecular complexity index is 898. The van der Waals surface area contributed by atoms with E-state index in [1.54, 1.807) is 6.21 Å². The molecule has 1 aliphatic heterocycles. The minimum Gasteiger partial charge on any atom is -0.377 e. The maximum absolute atomic E-state index is 5.95. The summed E-state index contributed by atoms with van der Waals surface area (Å²) in [6, 6.07) is 16.6. The Morgan fingerprint density at radius 3 is 2.67 bits per heavy atom. The molecule has 0 aliphatic carbocycles. The van der Waals surface area contributed by atoms with Gasteiger partial charge in [-0.2, -0.15) is 5.10 Å². The van der Waals surface area contributed by atoms with Gasteiger partial charge in [0.15, 0.2) is 5.17 Å². The number of hydrogen-bond acceptors (Lipinski definition) is 4. The molecular formula is C22H26N4S. The van der Waals surface area contributed by atoms with Crippen molar-refractivity contribution < 1.29 is 0 Å². The van der Waals surface area contributed by atoms with E-state index < -0.39 is 0 Å². The molecule has 0 unspecified atom stereocenters. The fourth-order valence-corrected chi connectivity index (χ4v) is 3.78. The highest BCUT2D eigenvalue weighted by molar-refractivity contribution is 8.13. The molecule has 0 fully saturated rings. The number of nitrogens with zero attached hydrogens (tertiary/aromatic N) is 3. The van der Waals surface area contributed by atoms with E-state index in [9.17, 15) is 0 Å². The number of anilines is 1. The smallest absolute Gasteiger partial charge is 0.180 e. The van der Waals surface area contributed by atoms with E-state index in [0.717, 1.165) is 11.3 Å². The first-order chi connectivity index (χ1) is 12.9. The zero-order valence-corrected chi connectivity index (χ0v) is 17.1. The number of nitrogens with two attached hydrogens (primary N) is 1. The largest absolute Gasteiger partial charge is 0.377 e. The zero-order valence-electron chi connectivity index (χ0n) is 16.3. The Balaban J connectivity index is 1.68. The van der Waals surface area contributed by atoms with E-state index in [0.29, 0.717) is 5.17 Å². The van der Waals surface area contributed by atoms with Crippen molar-refractivity contribution in [2.24, 2.45) is 15.9 Å². The second-order valence-electron chi connectivity index (χ2n) is 7.27. The van der Waals surface area contributed by atoms with Gasteiger partial charge >= 0.3 is 0 Å². The highest BCUT2D eigenvalue weighted by atomic mass is 32.2. The van der Waals surface area contributed by atoms with Gasteiger partial charge in [0.05, 0.1) is 11.8 Å². The summed E-state index contributed by atoms with van der Waals surface area (Å²) in [5.74, 6) is 0.788. The van der Waals surface area contributed by atoms with E-state index in [1.807, 2.05) is 18.2 Å². The Morgan fingerprint density at radius 1 is 1.19 bits per heavy atom. The summed E-state index contributed by atoms with van der Waals surface area (Å²) in [6.45, 7) is 6.60. The molecule has 1 heterocycles. The monoisotopic (exact) mass is 378 g/mol. The molecule has 0 bridgehead atoms. The van der Waals surface area contributed by atoms with Crippen LogP contribution in [0.1, 0.15) is 37.5 Å². The molecule has 0 aromatic heterocycles. The molecule has 0 amide bonds. The lowest BCUT2D eigenvalue weighted by molar-refractivity contribution is 0.598. The molecule has 2 aromatic carbocycles. The number of thioether (sulfide) groups is 1. The van der Waals surface area contributed by atoms with Crippen molar-refractivity contribution in [2.75, 3.05) is 11.9 Å². The summed E-state index contributed by atoms with van der Waals surface area (Å²) in [5, 5.41) is 8.73. The van der Waals surface area contributed by atoms with Crippen molar-refractivity contribution in [1.29, 1.82) is 0 Å². The molecule has 3 rings (SSSR count). The summed E-state index contributed by atoms with van der Waals surface area (Å²) < 4.78 is 0. The Labute approximate surface area is 165 Å². The van der Waals surface area contributed by atoms with Gasteiger partial charge in [-0.15, -0.1) is 5.10 Å². The van der Waals surface area contributed by atoms with Gasteiger partial charge in [-0.25, -0.2) is 0 Å². The van der Waals surface area contributed by atoms with Gasteiger partial charge in [0.1, 0.15) is 0 Å². The third kappa shape index (κ3) is 4.61. The first-order valence-corrected chi connectivity index (χ1v) is 9.96. The van der Waals surface area contributed by atoms with Crippen LogP contribution in [-0.4, -0.2) is 24.0 Å². The summed E-state index contributed by atoms with van der Waals surface area (Å²) in [5.41, 5.74) is 11.9. The number of amidine groups is 1. The molecule has 0 saturated heterocycles. The predicted molar refractivity (Wildman–Crippen MR) is 120 cm³/mol. The van der Waals surface area contributed by atoms with Crippen molar-refractivity contribution in [3.63, 3.8) is 0 Å². The van der Waals surface area contributed by atoms with Gasteiger partial charge in [0.2, 0.25) is 0 Å². The number of fused-ring (bicyclic) bond motifs is 1. The summed E-state index contributed by atoms with van der Waals surface area (Å²) >= 11 is 1.49. The lowest BCUT2D eigenvalue weighted by Crippen LogP contribution is -2.42. The molecule has 0 atom stereocenters. The van der Waals surface area contributed by atoms with Crippen LogP contribution in [-0.2, 0) is 5.75 Å². The Morgan fingerprint density at radius 2 is 1.93 bits per heavy atom. The molecule has 4 nitrogen and oxygen atoms in total. The van der Waals surface area contributed by atoms with Crippen LogP contribution in [0.5, 0.6) is 0 Å². The van der Waals surface area contributed by atoms with Crippen molar-refractivity contribution in [3.8, 4) is 0 Å². The number of hydrogen-bond donors (Lipinski definition) is 1. The molecule has 27 heavy (non-hydrogen) atoms. The van der Waals surface area contributed by atoms with E-state index in [4.69, 9.17) is 5.73 Å². The lowest BCUT2D eigenvalue weighted by atomic mass is 9.89. The van der Waals surface area contributed by atoms with Crippen LogP contribution in [0.25, 0.3) is 5.57 Å². The number of allylic oxidation sites excluding steroid dienone is 1. The van der Waals surface area contributed by atoms with Crippen molar-refractivity contribution in [3.05, 3.63) is 71.3 Å². The first kappa shape index (κ1) is 19.2. The topological polar surface area (TPSA) is 54.0 Å². The van der Waals surface area contributed by atoms with Gasteiger partial charge in [0.25, 0.3) is 0 Å². The zero-order chi connectivity index (χ0) is 19.4. The average molecular weight is 379 g/mol. The number of likely N-dealkylation sites (N-methyl/N-ethyl adjacent to an activating group) is 1. The predicted octanol–water partition coefficient (Wildman–Crippen LogP) is 4.90. The summed E-state index contributed by atoms with van der Waals surface area (Å²) in [6.07, 6.45) is 4.05. The quantitative estimate of drug-likeness (QED) is 0.468. The van der Waals surface area contributed by atoms with Gasteiger partial charge in [-0.05, 0) is 49.6 Å². The first-order valence-electron chi connectivity index (χ1n) is 8.98. The van der Waals surface area contributed by atoms with Crippen LogP contribution in [0, 0.1) is 0 Å². The second kappa shape index (κ2) is 8.01. The van der Waals surface area contributed by atoms with Crippen molar-refractivity contribution in [2.45, 2.75) is 32.1 Å². The van der Waals surface area contributed by atoms with Crippen LogP contribution in [0.4, 0.5) is 5.69 Å². The van der Waals surface area contributed by atoms with E-state index in [2.05, 4.69) is 79.3 Å². The van der Waals surface area contributed by atoms with Crippen molar-refractivity contribution in [1.82, 2.24) is 0 Å². The van der Waals surface area contributed by atoms with Crippen LogP contribution in [0.3, 0.4) is 0 Å². The SMILES string of the molecule is CC1=CC(C)(C)N(C)c2ccc(C=NN=C(N)SCc3ccccc3)cc21. The summed E-state index contributed by atoms with van der Waals surface area (Å²) in [7, 11) is 2.13. The second-order valence-corrected chi connectivity index (χ2v) is 8.27. The fraction of sp³-hybridized carbons (Fsp3) is 0.273. The summed E-state index contributed by atoms with van der Waals surface area (Å²) in [4.78, 5) is 2.30. The number of rotatable bonds is 4. The van der Waals surface area contributed by atoms with Gasteiger partial charge in [0, 0.05) is 24.1 Å². The molecule has 0 saturated carbocycles. The molecule has 2 aromatic rings. The maximum Gasteiger partial charge on any atom is 0.180 e. The highest BCUT2D eigenvalue weighted by Gasteiger charge is 2.28. The molecular weight excluding hydrogens is 352 g/mol. The standard InChI is InChI=1S/C22H26N4S/c1-16-13-22(2,3)26(4)20-11-10-18(12-19(16)20)14-24-25-21(23)27-15-17-8-6-5-7-9-17/h5-14H,15H2,1-4H3,(H2,23,25). The highest BCUT2D eigenvalue weighted by Crippen LogP contribution is 2.37. The Kier molecular flexibility index (Phi) is 5.71. The molecule has 140 valence electrons. The van der Waals surface area contributed by atoms with Gasteiger partial charge in [-0.3, -0.25) is 0 Å². The van der Waals surface area contributed by atoms with Crippen LogP contribution >= 0.6 is 11.8 Å². The average Bonchev–Trinajstić information content (AvgIpc) is 2.65. The molecule has 0 spiro atoms. The molecule has 5 heteroatoms. The normalized spacial score (nSPS) is 16.4. The fourth-order valence-electron chi connectivity index (χ4n) is 3.17. The minimum absolute atomic E-state index is 0.0153. The van der Waals surface area contributed by atoms with Crippen LogP contribution < -0.4 is 10.6 Å². The van der Waals surface area contributed by atoms with E-state index in [-0.39, 0.29) is 5.54 Å². The van der Waals surface area contributed by atoms with E-state index >= 15 is 0 Å². The third-order valence-electron chi connectivity index (χ3n) is 4.83. The van der Waals surface area contributed by atoms with Gasteiger partial charge < -0.3 is 10.6 Å². The third-order valence-corrected chi connectivity index (χ3v) is 5.69. The van der Waals surface area contributed by atoms with Gasteiger partial charge in [-0.1, -0.05) is 54.2 Å². The van der Waals surface area contributed by atoms with E-state index in [1.165, 1.54) is 34.1 Å². The van der Waals surface area contributed by atoms with Crippen LogP contribution in [0.2, 0.25) is 0 Å². The lowest BCUT2D eigenvalue weighted by Gasteiger charge is -2.40. The minimum atomic E-state index is 0.0153. The maximum atomic E-state index is 5.95. The van der Waals surface area contributed by atoms with Crippen LogP contribution in [0.15, 0.2) is 64.8 Å².